The number of nitrogens with two attached hydrogens (primary N) is 1. The topological polar surface area (TPSA) is 107 Å². The van der Waals surface area contributed by atoms with E-state index in [1.165, 1.54) is 0 Å². The highest BCUT2D eigenvalue weighted by molar-refractivity contribution is 5.76. The Balaban J connectivity index is 2.16. The lowest BCUT2D eigenvalue weighted by Crippen LogP contribution is -2.35. The summed E-state index contributed by atoms with van der Waals surface area (Å²) in [7, 11) is 0. The van der Waals surface area contributed by atoms with Gasteiger partial charge in [0.25, 0.3) is 0 Å². The maximum Gasteiger partial charge on any atom is 0.249 e. The predicted octanol–water partition coefficient (Wildman–Crippen LogP) is 1.68. The van der Waals surface area contributed by atoms with Crippen LogP contribution in [-0.4, -0.2) is 27.1 Å². The Morgan fingerprint density at radius 2 is 2.18 bits per heavy atom. The van der Waals surface area contributed by atoms with E-state index in [-0.39, 0.29) is 30.3 Å². The molecule has 22 heavy (non-hydrogen) atoms. The van der Waals surface area contributed by atoms with Crippen molar-refractivity contribution in [3.63, 3.8) is 0 Å². The highest BCUT2D eigenvalue weighted by atomic mass is 16.5. The van der Waals surface area contributed by atoms with Gasteiger partial charge in [-0.05, 0) is 25.0 Å². The van der Waals surface area contributed by atoms with Gasteiger partial charge in [0.05, 0.1) is 0 Å². The number of amides is 1. The van der Waals surface area contributed by atoms with Crippen molar-refractivity contribution >= 4 is 5.91 Å². The number of carbonyl (C=O) groups excluding carboxylic acids is 1. The van der Waals surface area contributed by atoms with Crippen molar-refractivity contribution in [3.05, 3.63) is 30.4 Å². The van der Waals surface area contributed by atoms with Gasteiger partial charge in [0, 0.05) is 30.4 Å². The van der Waals surface area contributed by atoms with E-state index in [0.29, 0.717) is 11.7 Å². The number of hydrogen-bond donors (Lipinski definition) is 2. The van der Waals surface area contributed by atoms with Crippen LogP contribution in [0.2, 0.25) is 0 Å². The summed E-state index contributed by atoms with van der Waals surface area (Å²) in [6, 6.07) is 3.11. The number of pyridine rings is 1. The molecule has 0 aliphatic heterocycles. The van der Waals surface area contributed by atoms with Crippen molar-refractivity contribution in [1.29, 1.82) is 0 Å². The summed E-state index contributed by atoms with van der Waals surface area (Å²) in [5.74, 6) is 0.816. The van der Waals surface area contributed by atoms with Crippen LogP contribution >= 0.6 is 0 Å². The largest absolute Gasteiger partial charge is 0.344 e. The van der Waals surface area contributed by atoms with E-state index in [4.69, 9.17) is 10.3 Å². The fourth-order valence-corrected chi connectivity index (χ4v) is 2.01. The molecule has 118 valence electrons. The zero-order valence-electron chi connectivity index (χ0n) is 13.0. The van der Waals surface area contributed by atoms with Crippen molar-refractivity contribution in [2.75, 3.05) is 0 Å². The van der Waals surface area contributed by atoms with Crippen LogP contribution in [0.1, 0.15) is 39.1 Å². The molecule has 2 unspecified atom stereocenters. The molecule has 0 aliphatic carbocycles. The second-order valence-corrected chi connectivity index (χ2v) is 5.67. The zero-order valence-corrected chi connectivity index (χ0v) is 13.0. The SMILES string of the molecule is CC(N)CC(=O)NC(c1nc(-c2cccnc2)no1)C(C)C. The molecule has 2 heterocycles. The summed E-state index contributed by atoms with van der Waals surface area (Å²) in [5, 5.41) is 6.85. The molecule has 2 atom stereocenters. The van der Waals surface area contributed by atoms with Crippen LogP contribution in [0.4, 0.5) is 0 Å². The Morgan fingerprint density at radius 3 is 2.77 bits per heavy atom. The molecule has 0 saturated carbocycles. The van der Waals surface area contributed by atoms with Crippen LogP contribution in [0.5, 0.6) is 0 Å². The maximum absolute atomic E-state index is 11.9. The van der Waals surface area contributed by atoms with Gasteiger partial charge in [-0.1, -0.05) is 19.0 Å². The molecule has 1 amide bonds. The molecular formula is C15H21N5O2. The number of hydrogen-bond acceptors (Lipinski definition) is 6. The third-order valence-electron chi connectivity index (χ3n) is 3.12. The van der Waals surface area contributed by atoms with Crippen LogP contribution in [0.15, 0.2) is 29.0 Å². The Morgan fingerprint density at radius 1 is 1.41 bits per heavy atom. The van der Waals surface area contributed by atoms with E-state index in [1.807, 2.05) is 19.9 Å². The van der Waals surface area contributed by atoms with E-state index in [2.05, 4.69) is 20.4 Å². The predicted molar refractivity (Wildman–Crippen MR) is 81.5 cm³/mol. The monoisotopic (exact) mass is 303 g/mol. The highest BCUT2D eigenvalue weighted by Crippen LogP contribution is 2.23. The summed E-state index contributed by atoms with van der Waals surface area (Å²) >= 11 is 0. The lowest BCUT2D eigenvalue weighted by Gasteiger charge is -2.19. The highest BCUT2D eigenvalue weighted by Gasteiger charge is 2.25. The summed E-state index contributed by atoms with van der Waals surface area (Å²) < 4.78 is 5.31. The van der Waals surface area contributed by atoms with Crippen LogP contribution in [0, 0.1) is 5.92 Å². The minimum Gasteiger partial charge on any atom is -0.344 e. The van der Waals surface area contributed by atoms with Gasteiger partial charge in [0.15, 0.2) is 0 Å². The molecule has 7 heteroatoms. The Bertz CT molecular complexity index is 609. The molecule has 7 nitrogen and oxygen atoms in total. The molecule has 0 bridgehead atoms. The first kappa shape index (κ1) is 16.1. The first-order chi connectivity index (χ1) is 10.5. The molecule has 2 rings (SSSR count). The summed E-state index contributed by atoms with van der Waals surface area (Å²) in [5.41, 5.74) is 6.41. The number of nitrogens with zero attached hydrogens (tertiary/aromatic N) is 3. The quantitative estimate of drug-likeness (QED) is 0.840. The minimum absolute atomic E-state index is 0.110. The van der Waals surface area contributed by atoms with Crippen molar-refractivity contribution < 1.29 is 9.32 Å². The Hall–Kier alpha value is -2.28. The smallest absolute Gasteiger partial charge is 0.249 e. The number of carbonyl (C=O) groups is 1. The molecule has 0 fully saturated rings. The molecule has 0 radical (unpaired) electrons. The normalized spacial score (nSPS) is 13.9. The van der Waals surface area contributed by atoms with Gasteiger partial charge in [-0.15, -0.1) is 0 Å². The molecule has 3 N–H and O–H groups in total. The van der Waals surface area contributed by atoms with E-state index >= 15 is 0 Å². The van der Waals surface area contributed by atoms with Gasteiger partial charge in [-0.3, -0.25) is 9.78 Å². The van der Waals surface area contributed by atoms with Crippen molar-refractivity contribution in [2.45, 2.75) is 39.3 Å². The molecule has 0 aromatic carbocycles. The second-order valence-electron chi connectivity index (χ2n) is 5.67. The summed E-state index contributed by atoms with van der Waals surface area (Å²) in [4.78, 5) is 20.3. The Kier molecular flexibility index (Phi) is 5.21. The Labute approximate surface area is 129 Å². The van der Waals surface area contributed by atoms with E-state index in [9.17, 15) is 4.79 Å². The first-order valence-electron chi connectivity index (χ1n) is 7.26. The first-order valence-corrected chi connectivity index (χ1v) is 7.26. The fraction of sp³-hybridized carbons (Fsp3) is 0.467. The van der Waals surface area contributed by atoms with Crippen LogP contribution in [0.25, 0.3) is 11.4 Å². The van der Waals surface area contributed by atoms with E-state index < -0.39 is 0 Å². The average molecular weight is 303 g/mol. The molecule has 0 aliphatic rings. The van der Waals surface area contributed by atoms with Crippen LogP contribution in [0.3, 0.4) is 0 Å². The maximum atomic E-state index is 11.9. The zero-order chi connectivity index (χ0) is 16.1. The van der Waals surface area contributed by atoms with Crippen molar-refractivity contribution in [2.24, 2.45) is 11.7 Å². The van der Waals surface area contributed by atoms with Crippen molar-refractivity contribution in [3.8, 4) is 11.4 Å². The van der Waals surface area contributed by atoms with Crippen molar-refractivity contribution in [1.82, 2.24) is 20.4 Å². The average Bonchev–Trinajstić information content (AvgIpc) is 2.94. The van der Waals surface area contributed by atoms with Crippen LogP contribution in [-0.2, 0) is 4.79 Å². The van der Waals surface area contributed by atoms with Gasteiger partial charge >= 0.3 is 0 Å². The number of nitrogens with one attached hydrogen (secondary N) is 1. The van der Waals surface area contributed by atoms with Crippen LogP contribution < -0.4 is 11.1 Å². The molecule has 2 aromatic rings. The lowest BCUT2D eigenvalue weighted by atomic mass is 10.0. The third-order valence-corrected chi connectivity index (χ3v) is 3.12. The van der Waals surface area contributed by atoms with Gasteiger partial charge in [0.2, 0.25) is 17.6 Å². The molecular weight excluding hydrogens is 282 g/mol. The standard InChI is InChI=1S/C15H21N5O2/c1-9(2)13(18-12(21)7-10(3)16)15-19-14(20-22-15)11-5-4-6-17-8-11/h4-6,8-10,13H,7,16H2,1-3H3,(H,18,21). The molecule has 2 aromatic heterocycles. The summed E-state index contributed by atoms with van der Waals surface area (Å²) in [6.45, 7) is 5.74. The van der Waals surface area contributed by atoms with Gasteiger partial charge in [-0.2, -0.15) is 4.98 Å². The molecule has 0 spiro atoms. The second kappa shape index (κ2) is 7.13. The third kappa shape index (κ3) is 4.11. The molecule has 0 saturated heterocycles. The number of aromatic nitrogens is 3. The van der Waals surface area contributed by atoms with E-state index in [0.717, 1.165) is 5.56 Å². The van der Waals surface area contributed by atoms with Gasteiger partial charge in [0.1, 0.15) is 6.04 Å². The van der Waals surface area contributed by atoms with Gasteiger partial charge < -0.3 is 15.6 Å². The summed E-state index contributed by atoms with van der Waals surface area (Å²) in [6.07, 6.45) is 3.59. The minimum atomic E-state index is -0.343. The van der Waals surface area contributed by atoms with Gasteiger partial charge in [-0.25, -0.2) is 0 Å². The lowest BCUT2D eigenvalue weighted by molar-refractivity contribution is -0.122. The fourth-order valence-electron chi connectivity index (χ4n) is 2.01. The van der Waals surface area contributed by atoms with E-state index in [1.54, 1.807) is 25.4 Å². The number of rotatable bonds is 6.